The SMILES string of the molecule is CCc1c(NC)ncnc1-c1cccc2c1OCCC2. The molecule has 2 aromatic rings. The van der Waals surface area contributed by atoms with E-state index in [1.165, 1.54) is 5.56 Å². The molecule has 0 spiro atoms. The highest BCUT2D eigenvalue weighted by Crippen LogP contribution is 2.37. The van der Waals surface area contributed by atoms with Crippen LogP contribution < -0.4 is 10.1 Å². The molecule has 0 amide bonds. The van der Waals surface area contributed by atoms with Crippen LogP contribution in [0.3, 0.4) is 0 Å². The zero-order valence-electron chi connectivity index (χ0n) is 11.9. The lowest BCUT2D eigenvalue weighted by molar-refractivity contribution is 0.289. The average molecular weight is 269 g/mol. The summed E-state index contributed by atoms with van der Waals surface area (Å²) in [6.07, 6.45) is 4.66. The number of ether oxygens (including phenoxy) is 1. The molecule has 1 aliphatic heterocycles. The molecule has 20 heavy (non-hydrogen) atoms. The predicted octanol–water partition coefficient (Wildman–Crippen LogP) is 3.07. The second-order valence-corrected chi connectivity index (χ2v) is 4.90. The number of aromatic nitrogens is 2. The molecule has 0 saturated heterocycles. The van der Waals surface area contributed by atoms with Crippen LogP contribution in [0.5, 0.6) is 5.75 Å². The van der Waals surface area contributed by atoms with E-state index in [9.17, 15) is 0 Å². The van der Waals surface area contributed by atoms with Crippen LogP contribution >= 0.6 is 0 Å². The normalized spacial score (nSPS) is 13.5. The van der Waals surface area contributed by atoms with Gasteiger partial charge in [-0.15, -0.1) is 0 Å². The van der Waals surface area contributed by atoms with Gasteiger partial charge in [0.2, 0.25) is 0 Å². The van der Waals surface area contributed by atoms with E-state index in [2.05, 4.69) is 40.4 Å². The minimum Gasteiger partial charge on any atom is -0.493 e. The lowest BCUT2D eigenvalue weighted by Gasteiger charge is -2.21. The summed E-state index contributed by atoms with van der Waals surface area (Å²) >= 11 is 0. The second kappa shape index (κ2) is 5.49. The van der Waals surface area contributed by atoms with Crippen LogP contribution in [0, 0.1) is 0 Å². The number of anilines is 1. The van der Waals surface area contributed by atoms with Crippen molar-refractivity contribution in [3.8, 4) is 17.0 Å². The first-order chi connectivity index (χ1) is 9.85. The van der Waals surface area contributed by atoms with Crippen molar-refractivity contribution in [2.24, 2.45) is 0 Å². The summed E-state index contributed by atoms with van der Waals surface area (Å²) in [5.74, 6) is 1.89. The molecular formula is C16H19N3O. The van der Waals surface area contributed by atoms with Crippen molar-refractivity contribution in [3.05, 3.63) is 35.7 Å². The van der Waals surface area contributed by atoms with E-state index in [0.717, 1.165) is 54.3 Å². The molecule has 0 saturated carbocycles. The molecule has 4 nitrogen and oxygen atoms in total. The third-order valence-electron chi connectivity index (χ3n) is 3.72. The van der Waals surface area contributed by atoms with Crippen molar-refractivity contribution in [3.63, 3.8) is 0 Å². The summed E-state index contributed by atoms with van der Waals surface area (Å²) in [6, 6.07) is 6.32. The molecule has 0 fully saturated rings. The van der Waals surface area contributed by atoms with Crippen LogP contribution in [0.25, 0.3) is 11.3 Å². The first-order valence-corrected chi connectivity index (χ1v) is 7.11. The van der Waals surface area contributed by atoms with Gasteiger partial charge in [-0.1, -0.05) is 19.1 Å². The lowest BCUT2D eigenvalue weighted by Crippen LogP contribution is -2.10. The van der Waals surface area contributed by atoms with Crippen LogP contribution in [0.1, 0.15) is 24.5 Å². The van der Waals surface area contributed by atoms with Crippen molar-refractivity contribution < 1.29 is 4.74 Å². The van der Waals surface area contributed by atoms with E-state index in [1.807, 2.05) is 7.05 Å². The van der Waals surface area contributed by atoms with Crippen LogP contribution in [-0.2, 0) is 12.8 Å². The molecule has 1 N–H and O–H groups in total. The van der Waals surface area contributed by atoms with Crippen LogP contribution in [0.4, 0.5) is 5.82 Å². The minimum absolute atomic E-state index is 0.787. The van der Waals surface area contributed by atoms with Gasteiger partial charge in [0.25, 0.3) is 0 Å². The molecule has 0 bridgehead atoms. The Morgan fingerprint density at radius 2 is 2.20 bits per heavy atom. The minimum atomic E-state index is 0.787. The summed E-state index contributed by atoms with van der Waals surface area (Å²) in [6.45, 7) is 2.91. The summed E-state index contributed by atoms with van der Waals surface area (Å²) in [5, 5.41) is 3.14. The molecule has 2 heterocycles. The Morgan fingerprint density at radius 3 is 3.00 bits per heavy atom. The first-order valence-electron chi connectivity index (χ1n) is 7.11. The number of aryl methyl sites for hydroxylation is 1. The highest BCUT2D eigenvalue weighted by Gasteiger charge is 2.19. The zero-order chi connectivity index (χ0) is 13.9. The fraction of sp³-hybridized carbons (Fsp3) is 0.375. The van der Waals surface area contributed by atoms with Gasteiger partial charge in [-0.2, -0.15) is 0 Å². The number of nitrogens with one attached hydrogen (secondary N) is 1. The smallest absolute Gasteiger partial charge is 0.132 e. The van der Waals surface area contributed by atoms with Gasteiger partial charge in [0.1, 0.15) is 17.9 Å². The number of para-hydroxylation sites is 1. The van der Waals surface area contributed by atoms with Crippen molar-refractivity contribution in [1.29, 1.82) is 0 Å². The standard InChI is InChI=1S/C16H19N3O/c1-3-12-14(18-10-19-16(12)17-2)13-8-4-6-11-7-5-9-20-15(11)13/h4,6,8,10H,3,5,7,9H2,1-2H3,(H,17,18,19). The average Bonchev–Trinajstić information content (AvgIpc) is 2.53. The summed E-state index contributed by atoms with van der Waals surface area (Å²) in [4.78, 5) is 8.81. The van der Waals surface area contributed by atoms with Crippen molar-refractivity contribution in [1.82, 2.24) is 9.97 Å². The highest BCUT2D eigenvalue weighted by atomic mass is 16.5. The Morgan fingerprint density at radius 1 is 1.30 bits per heavy atom. The molecule has 0 aliphatic carbocycles. The van der Waals surface area contributed by atoms with E-state index in [-0.39, 0.29) is 0 Å². The van der Waals surface area contributed by atoms with Gasteiger partial charge >= 0.3 is 0 Å². The van der Waals surface area contributed by atoms with Gasteiger partial charge in [0.05, 0.1) is 12.3 Å². The highest BCUT2D eigenvalue weighted by molar-refractivity contribution is 5.75. The van der Waals surface area contributed by atoms with E-state index >= 15 is 0 Å². The Balaban J connectivity index is 2.19. The topological polar surface area (TPSA) is 47.0 Å². The summed E-state index contributed by atoms with van der Waals surface area (Å²) < 4.78 is 5.90. The Kier molecular flexibility index (Phi) is 3.54. The number of nitrogens with zero attached hydrogens (tertiary/aromatic N) is 2. The molecule has 1 aliphatic rings. The second-order valence-electron chi connectivity index (χ2n) is 4.90. The van der Waals surface area contributed by atoms with E-state index in [0.29, 0.717) is 0 Å². The van der Waals surface area contributed by atoms with Crippen molar-refractivity contribution in [2.45, 2.75) is 26.2 Å². The molecule has 1 aromatic heterocycles. The largest absolute Gasteiger partial charge is 0.493 e. The number of rotatable bonds is 3. The molecule has 4 heteroatoms. The number of hydrogen-bond donors (Lipinski definition) is 1. The molecule has 1 aromatic carbocycles. The van der Waals surface area contributed by atoms with Crippen LogP contribution in [0.2, 0.25) is 0 Å². The van der Waals surface area contributed by atoms with Crippen molar-refractivity contribution >= 4 is 5.82 Å². The third kappa shape index (κ3) is 2.11. The Bertz CT molecular complexity index is 588. The molecule has 104 valence electrons. The zero-order valence-corrected chi connectivity index (χ0v) is 11.9. The van der Waals surface area contributed by atoms with E-state index in [4.69, 9.17) is 4.74 Å². The molecule has 0 atom stereocenters. The fourth-order valence-corrected chi connectivity index (χ4v) is 2.77. The summed E-state index contributed by atoms with van der Waals surface area (Å²) in [7, 11) is 1.89. The number of fused-ring (bicyclic) bond motifs is 1. The van der Waals surface area contributed by atoms with Gasteiger partial charge in [-0.3, -0.25) is 0 Å². The third-order valence-corrected chi connectivity index (χ3v) is 3.72. The fourth-order valence-electron chi connectivity index (χ4n) is 2.77. The van der Waals surface area contributed by atoms with Crippen LogP contribution in [-0.4, -0.2) is 23.6 Å². The maximum absolute atomic E-state index is 5.90. The predicted molar refractivity (Wildman–Crippen MR) is 80.2 cm³/mol. The molecular weight excluding hydrogens is 250 g/mol. The lowest BCUT2D eigenvalue weighted by atomic mass is 9.97. The monoisotopic (exact) mass is 269 g/mol. The van der Waals surface area contributed by atoms with Crippen LogP contribution in [0.15, 0.2) is 24.5 Å². The molecule has 3 rings (SSSR count). The quantitative estimate of drug-likeness (QED) is 0.930. The Labute approximate surface area is 119 Å². The van der Waals surface area contributed by atoms with Gasteiger partial charge in [0.15, 0.2) is 0 Å². The maximum Gasteiger partial charge on any atom is 0.132 e. The van der Waals surface area contributed by atoms with E-state index < -0.39 is 0 Å². The van der Waals surface area contributed by atoms with Gasteiger partial charge < -0.3 is 10.1 Å². The van der Waals surface area contributed by atoms with Gasteiger partial charge in [0, 0.05) is 18.2 Å². The van der Waals surface area contributed by atoms with Gasteiger partial charge in [-0.25, -0.2) is 9.97 Å². The maximum atomic E-state index is 5.90. The number of benzene rings is 1. The summed E-state index contributed by atoms with van der Waals surface area (Å²) in [5.41, 5.74) is 4.47. The molecule has 0 unspecified atom stereocenters. The van der Waals surface area contributed by atoms with Gasteiger partial charge in [-0.05, 0) is 30.9 Å². The first kappa shape index (κ1) is 12.9. The molecule has 0 radical (unpaired) electrons. The Hall–Kier alpha value is -2.10. The van der Waals surface area contributed by atoms with Crippen molar-refractivity contribution in [2.75, 3.05) is 19.0 Å². The number of hydrogen-bond acceptors (Lipinski definition) is 4. The van der Waals surface area contributed by atoms with E-state index in [1.54, 1.807) is 6.33 Å².